The average Bonchev–Trinajstić information content (AvgIpc) is 2.54. The third kappa shape index (κ3) is 5.04. The quantitative estimate of drug-likeness (QED) is 0.857. The van der Waals surface area contributed by atoms with Crippen molar-refractivity contribution >= 4 is 17.3 Å². The Balaban J connectivity index is 1.92. The summed E-state index contributed by atoms with van der Waals surface area (Å²) in [7, 11) is 0. The summed E-state index contributed by atoms with van der Waals surface area (Å²) in [6.45, 7) is 4.03. The predicted molar refractivity (Wildman–Crippen MR) is 90.5 cm³/mol. The van der Waals surface area contributed by atoms with Crippen molar-refractivity contribution in [2.75, 3.05) is 17.2 Å². The third-order valence-electron chi connectivity index (χ3n) is 2.99. The van der Waals surface area contributed by atoms with Gasteiger partial charge in [-0.25, -0.2) is 0 Å². The summed E-state index contributed by atoms with van der Waals surface area (Å²) < 4.78 is 5.70. The minimum absolute atomic E-state index is 0.0606. The first-order chi connectivity index (χ1) is 11.1. The Morgan fingerprint density at radius 1 is 1.17 bits per heavy atom. The number of para-hydroxylation sites is 2. The highest BCUT2D eigenvalue weighted by molar-refractivity contribution is 5.94. The van der Waals surface area contributed by atoms with E-state index < -0.39 is 0 Å². The number of carbonyl (C=O) groups is 1. The third-order valence-corrected chi connectivity index (χ3v) is 2.99. The van der Waals surface area contributed by atoms with E-state index >= 15 is 0 Å². The van der Waals surface area contributed by atoms with Crippen LogP contribution in [0, 0.1) is 11.3 Å². The van der Waals surface area contributed by atoms with Crippen molar-refractivity contribution in [3.05, 3.63) is 54.1 Å². The Morgan fingerprint density at radius 2 is 1.87 bits per heavy atom. The number of benzene rings is 2. The molecule has 0 heterocycles. The molecule has 1 amide bonds. The highest BCUT2D eigenvalue weighted by Gasteiger charge is 2.07. The summed E-state index contributed by atoms with van der Waals surface area (Å²) in [6, 6.07) is 16.3. The standard InChI is InChI=1S/C18H19N3O2/c1-13(2)23-17-6-4-3-5-16(17)20-12-18(22)21-15-9-7-14(11-19)8-10-15/h3-10,13,20H,12H2,1-2H3,(H,21,22). The Bertz CT molecular complexity index is 703. The number of hydrogen-bond acceptors (Lipinski definition) is 4. The number of ether oxygens (including phenoxy) is 1. The fraction of sp³-hybridized carbons (Fsp3) is 0.222. The molecule has 0 fully saturated rings. The van der Waals surface area contributed by atoms with Gasteiger partial charge in [-0.1, -0.05) is 12.1 Å². The van der Waals surface area contributed by atoms with Gasteiger partial charge < -0.3 is 15.4 Å². The number of anilines is 2. The number of rotatable bonds is 6. The molecule has 0 atom stereocenters. The molecule has 2 aromatic rings. The maximum absolute atomic E-state index is 12.0. The van der Waals surface area contributed by atoms with E-state index in [-0.39, 0.29) is 18.6 Å². The molecule has 0 bridgehead atoms. The Hall–Kier alpha value is -3.00. The molecule has 0 saturated carbocycles. The van der Waals surface area contributed by atoms with E-state index in [9.17, 15) is 4.79 Å². The molecular formula is C18H19N3O2. The summed E-state index contributed by atoms with van der Waals surface area (Å²) in [6.07, 6.45) is 0.0606. The van der Waals surface area contributed by atoms with Gasteiger partial charge in [0, 0.05) is 5.69 Å². The molecule has 118 valence electrons. The maximum Gasteiger partial charge on any atom is 0.243 e. The van der Waals surface area contributed by atoms with Gasteiger partial charge in [-0.15, -0.1) is 0 Å². The number of nitriles is 1. The van der Waals surface area contributed by atoms with Gasteiger partial charge in [0.05, 0.1) is 30.0 Å². The van der Waals surface area contributed by atoms with E-state index in [4.69, 9.17) is 10.00 Å². The lowest BCUT2D eigenvalue weighted by atomic mass is 10.2. The zero-order chi connectivity index (χ0) is 16.7. The van der Waals surface area contributed by atoms with Crippen LogP contribution in [0.2, 0.25) is 0 Å². The van der Waals surface area contributed by atoms with Crippen LogP contribution >= 0.6 is 0 Å². The van der Waals surface area contributed by atoms with Crippen LogP contribution in [0.3, 0.4) is 0 Å². The van der Waals surface area contributed by atoms with E-state index in [0.717, 1.165) is 5.69 Å². The molecule has 23 heavy (non-hydrogen) atoms. The molecule has 2 aromatic carbocycles. The summed E-state index contributed by atoms with van der Waals surface area (Å²) in [4.78, 5) is 12.0. The van der Waals surface area contributed by atoms with Gasteiger partial charge in [0.2, 0.25) is 5.91 Å². The van der Waals surface area contributed by atoms with Crippen molar-refractivity contribution in [3.63, 3.8) is 0 Å². The van der Waals surface area contributed by atoms with Crippen molar-refractivity contribution in [3.8, 4) is 11.8 Å². The van der Waals surface area contributed by atoms with E-state index in [2.05, 4.69) is 10.6 Å². The van der Waals surface area contributed by atoms with Crippen LogP contribution in [0.4, 0.5) is 11.4 Å². The molecule has 5 nitrogen and oxygen atoms in total. The SMILES string of the molecule is CC(C)Oc1ccccc1NCC(=O)Nc1ccc(C#N)cc1. The molecular weight excluding hydrogens is 290 g/mol. The number of nitrogens with one attached hydrogen (secondary N) is 2. The smallest absolute Gasteiger partial charge is 0.243 e. The molecule has 0 aliphatic rings. The largest absolute Gasteiger partial charge is 0.489 e. The van der Waals surface area contributed by atoms with Gasteiger partial charge in [-0.3, -0.25) is 4.79 Å². The van der Waals surface area contributed by atoms with Gasteiger partial charge in [0.25, 0.3) is 0 Å². The maximum atomic E-state index is 12.0. The van der Waals surface area contributed by atoms with Crippen molar-refractivity contribution in [2.24, 2.45) is 0 Å². The van der Waals surface area contributed by atoms with Gasteiger partial charge in [0.15, 0.2) is 0 Å². The van der Waals surface area contributed by atoms with Crippen LogP contribution in [-0.2, 0) is 4.79 Å². The second kappa shape index (κ2) is 7.85. The zero-order valence-corrected chi connectivity index (χ0v) is 13.2. The summed E-state index contributed by atoms with van der Waals surface area (Å²) in [5.41, 5.74) is 1.99. The molecule has 0 unspecified atom stereocenters. The fourth-order valence-corrected chi connectivity index (χ4v) is 1.98. The molecule has 2 rings (SSSR count). The van der Waals surface area contributed by atoms with E-state index in [1.165, 1.54) is 0 Å². The second-order valence-corrected chi connectivity index (χ2v) is 5.25. The lowest BCUT2D eigenvalue weighted by Gasteiger charge is -2.15. The van der Waals surface area contributed by atoms with Gasteiger partial charge in [0.1, 0.15) is 5.75 Å². The highest BCUT2D eigenvalue weighted by atomic mass is 16.5. The van der Waals surface area contributed by atoms with Crippen molar-refractivity contribution in [1.29, 1.82) is 5.26 Å². The molecule has 0 radical (unpaired) electrons. The number of hydrogen-bond donors (Lipinski definition) is 2. The molecule has 5 heteroatoms. The first-order valence-electron chi connectivity index (χ1n) is 7.38. The lowest BCUT2D eigenvalue weighted by molar-refractivity contribution is -0.114. The molecule has 2 N–H and O–H groups in total. The Labute approximate surface area is 135 Å². The topological polar surface area (TPSA) is 74.2 Å². The molecule has 0 aliphatic carbocycles. The lowest BCUT2D eigenvalue weighted by Crippen LogP contribution is -2.22. The number of carbonyl (C=O) groups excluding carboxylic acids is 1. The second-order valence-electron chi connectivity index (χ2n) is 5.25. The van der Waals surface area contributed by atoms with E-state index in [0.29, 0.717) is 17.0 Å². The first kappa shape index (κ1) is 16.4. The molecule has 0 spiro atoms. The van der Waals surface area contributed by atoms with Crippen LogP contribution in [0.25, 0.3) is 0 Å². The van der Waals surface area contributed by atoms with Crippen LogP contribution < -0.4 is 15.4 Å². The normalized spacial score (nSPS) is 10.0. The molecule has 0 aromatic heterocycles. The minimum atomic E-state index is -0.172. The predicted octanol–water partition coefficient (Wildman–Crippen LogP) is 3.40. The summed E-state index contributed by atoms with van der Waals surface area (Å²) >= 11 is 0. The number of nitrogens with zero attached hydrogens (tertiary/aromatic N) is 1. The Morgan fingerprint density at radius 3 is 2.52 bits per heavy atom. The minimum Gasteiger partial charge on any atom is -0.489 e. The highest BCUT2D eigenvalue weighted by Crippen LogP contribution is 2.24. The average molecular weight is 309 g/mol. The van der Waals surface area contributed by atoms with Crippen LogP contribution in [-0.4, -0.2) is 18.6 Å². The van der Waals surface area contributed by atoms with E-state index in [1.54, 1.807) is 24.3 Å². The van der Waals surface area contributed by atoms with Crippen LogP contribution in [0.1, 0.15) is 19.4 Å². The fourth-order valence-electron chi connectivity index (χ4n) is 1.98. The first-order valence-corrected chi connectivity index (χ1v) is 7.38. The monoisotopic (exact) mass is 309 g/mol. The van der Waals surface area contributed by atoms with Crippen molar-refractivity contribution in [1.82, 2.24) is 0 Å². The van der Waals surface area contributed by atoms with Gasteiger partial charge in [-0.05, 0) is 50.2 Å². The van der Waals surface area contributed by atoms with E-state index in [1.807, 2.05) is 44.2 Å². The van der Waals surface area contributed by atoms with Crippen molar-refractivity contribution in [2.45, 2.75) is 20.0 Å². The van der Waals surface area contributed by atoms with Crippen molar-refractivity contribution < 1.29 is 9.53 Å². The summed E-state index contributed by atoms with van der Waals surface area (Å²) in [5, 5.41) is 14.6. The van der Waals surface area contributed by atoms with Crippen LogP contribution in [0.15, 0.2) is 48.5 Å². The number of amides is 1. The van der Waals surface area contributed by atoms with Gasteiger partial charge >= 0.3 is 0 Å². The van der Waals surface area contributed by atoms with Crippen LogP contribution in [0.5, 0.6) is 5.75 Å². The molecule has 0 aliphatic heterocycles. The summed E-state index contributed by atoms with van der Waals surface area (Å²) in [5.74, 6) is 0.544. The molecule has 0 saturated heterocycles. The zero-order valence-electron chi connectivity index (χ0n) is 13.2. The Kier molecular flexibility index (Phi) is 5.59. The van der Waals surface area contributed by atoms with Gasteiger partial charge in [-0.2, -0.15) is 5.26 Å².